The number of aromatic nitrogens is 2. The Kier molecular flexibility index (Phi) is 2.91. The van der Waals surface area contributed by atoms with Crippen molar-refractivity contribution < 1.29 is 8.42 Å². The Bertz CT molecular complexity index is 700. The first-order chi connectivity index (χ1) is 8.53. The Morgan fingerprint density at radius 2 is 2.22 bits per heavy atom. The van der Waals surface area contributed by atoms with E-state index in [2.05, 4.69) is 14.9 Å². The molecule has 2 rings (SSSR count). The van der Waals surface area contributed by atoms with Crippen LogP contribution < -0.4 is 10.5 Å². The van der Waals surface area contributed by atoms with Crippen molar-refractivity contribution in [3.8, 4) is 6.07 Å². The number of H-pyrrole nitrogens is 1. The summed E-state index contributed by atoms with van der Waals surface area (Å²) in [5, 5.41) is 14.8. The lowest BCUT2D eigenvalue weighted by Crippen LogP contribution is -2.14. The molecule has 18 heavy (non-hydrogen) atoms. The van der Waals surface area contributed by atoms with Gasteiger partial charge in [-0.1, -0.05) is 0 Å². The summed E-state index contributed by atoms with van der Waals surface area (Å²) in [7, 11) is -3.78. The van der Waals surface area contributed by atoms with Gasteiger partial charge in [0.25, 0.3) is 10.0 Å². The number of hydrogen-bond donors (Lipinski definition) is 3. The number of hydrogen-bond acceptors (Lipinski definition) is 5. The minimum Gasteiger partial charge on any atom is -0.398 e. The van der Waals surface area contributed by atoms with Crippen LogP contribution >= 0.6 is 0 Å². The minimum atomic E-state index is -3.78. The van der Waals surface area contributed by atoms with Crippen LogP contribution in [-0.2, 0) is 10.0 Å². The first-order valence-corrected chi connectivity index (χ1v) is 6.32. The van der Waals surface area contributed by atoms with Crippen molar-refractivity contribution in [1.82, 2.24) is 10.2 Å². The molecule has 0 fully saturated rings. The molecule has 0 unspecified atom stereocenters. The number of nitrogens with zero attached hydrogens (tertiary/aromatic N) is 2. The van der Waals surface area contributed by atoms with Crippen LogP contribution in [0.2, 0.25) is 0 Å². The van der Waals surface area contributed by atoms with Crippen molar-refractivity contribution in [1.29, 1.82) is 5.26 Å². The molecule has 92 valence electrons. The molecule has 0 atom stereocenters. The van der Waals surface area contributed by atoms with Crippen LogP contribution in [-0.4, -0.2) is 18.6 Å². The van der Waals surface area contributed by atoms with Crippen molar-refractivity contribution in [3.63, 3.8) is 0 Å². The molecule has 0 saturated heterocycles. The van der Waals surface area contributed by atoms with Gasteiger partial charge in [0.2, 0.25) is 0 Å². The van der Waals surface area contributed by atoms with E-state index in [1.54, 1.807) is 0 Å². The van der Waals surface area contributed by atoms with Gasteiger partial charge in [-0.25, -0.2) is 8.42 Å². The number of rotatable bonds is 3. The number of sulfonamides is 1. The molecule has 1 aromatic carbocycles. The fraction of sp³-hybridized carbons (Fsp3) is 0. The number of nitriles is 1. The number of aromatic amines is 1. The van der Waals surface area contributed by atoms with Crippen LogP contribution in [0, 0.1) is 11.3 Å². The molecule has 7 nitrogen and oxygen atoms in total. The Labute approximate surface area is 103 Å². The van der Waals surface area contributed by atoms with Gasteiger partial charge in [0.15, 0.2) is 0 Å². The Morgan fingerprint density at radius 1 is 1.44 bits per heavy atom. The zero-order valence-corrected chi connectivity index (χ0v) is 9.90. The summed E-state index contributed by atoms with van der Waals surface area (Å²) in [5.41, 5.74) is 6.24. The molecular formula is C10H9N5O2S. The molecule has 0 spiro atoms. The Morgan fingerprint density at radius 3 is 2.78 bits per heavy atom. The second-order valence-electron chi connectivity index (χ2n) is 3.46. The number of benzene rings is 1. The van der Waals surface area contributed by atoms with Gasteiger partial charge >= 0.3 is 0 Å². The van der Waals surface area contributed by atoms with E-state index in [-0.39, 0.29) is 10.6 Å². The first-order valence-electron chi connectivity index (χ1n) is 4.84. The molecule has 2 aromatic rings. The summed E-state index contributed by atoms with van der Waals surface area (Å²) < 4.78 is 26.3. The molecule has 0 aliphatic rings. The first kappa shape index (κ1) is 11.9. The molecular weight excluding hydrogens is 254 g/mol. The third kappa shape index (κ3) is 2.26. The molecule has 1 aromatic heterocycles. The van der Waals surface area contributed by atoms with Gasteiger partial charge in [0, 0.05) is 6.20 Å². The third-order valence-corrected chi connectivity index (χ3v) is 3.63. The highest BCUT2D eigenvalue weighted by atomic mass is 32.2. The molecule has 0 bridgehead atoms. The van der Waals surface area contributed by atoms with E-state index in [0.717, 1.165) is 0 Å². The molecule has 1 heterocycles. The van der Waals surface area contributed by atoms with E-state index in [1.807, 2.05) is 6.07 Å². The average molecular weight is 263 g/mol. The van der Waals surface area contributed by atoms with E-state index < -0.39 is 10.0 Å². The summed E-state index contributed by atoms with van der Waals surface area (Å²) in [4.78, 5) is -0.0808. The van der Waals surface area contributed by atoms with Crippen molar-refractivity contribution in [2.24, 2.45) is 0 Å². The number of nitrogens with two attached hydrogens (primary N) is 1. The summed E-state index contributed by atoms with van der Waals surface area (Å²) in [6.07, 6.45) is 2.73. The second-order valence-corrected chi connectivity index (χ2v) is 5.11. The van der Waals surface area contributed by atoms with Gasteiger partial charge in [-0.2, -0.15) is 10.4 Å². The molecule has 8 heteroatoms. The van der Waals surface area contributed by atoms with Crippen molar-refractivity contribution >= 4 is 21.4 Å². The highest BCUT2D eigenvalue weighted by Gasteiger charge is 2.18. The Hall–Kier alpha value is -2.53. The number of nitrogens with one attached hydrogen (secondary N) is 2. The maximum Gasteiger partial charge on any atom is 0.264 e. The van der Waals surface area contributed by atoms with Crippen molar-refractivity contribution in [2.75, 3.05) is 10.5 Å². The standard InChI is InChI=1S/C10H9N5O2S/c11-4-7-1-2-10(9(12)3-7)18(16,17)15-8-5-13-14-6-8/h1-3,5-6,15H,12H2,(H,13,14). The number of anilines is 2. The fourth-order valence-corrected chi connectivity index (χ4v) is 2.53. The smallest absolute Gasteiger partial charge is 0.264 e. The summed E-state index contributed by atoms with van der Waals surface area (Å²) >= 11 is 0. The second kappa shape index (κ2) is 4.38. The predicted molar refractivity (Wildman–Crippen MR) is 65.0 cm³/mol. The van der Waals surface area contributed by atoms with E-state index >= 15 is 0 Å². The van der Waals surface area contributed by atoms with Crippen LogP contribution in [0.15, 0.2) is 35.5 Å². The predicted octanol–water partition coefficient (Wildman–Crippen LogP) is 0.664. The number of nitrogen functional groups attached to an aromatic ring is 1. The molecule has 4 N–H and O–H groups in total. The zero-order chi connectivity index (χ0) is 13.2. The topological polar surface area (TPSA) is 125 Å². The van der Waals surface area contributed by atoms with Gasteiger partial charge in [-0.05, 0) is 18.2 Å². The van der Waals surface area contributed by atoms with E-state index in [4.69, 9.17) is 11.0 Å². The normalized spacial score (nSPS) is 10.8. The summed E-state index contributed by atoms with van der Waals surface area (Å²) in [6, 6.07) is 5.87. The molecule has 0 saturated carbocycles. The molecule has 0 aliphatic heterocycles. The van der Waals surface area contributed by atoms with Crippen molar-refractivity contribution in [3.05, 3.63) is 36.2 Å². The average Bonchev–Trinajstić information content (AvgIpc) is 2.80. The summed E-state index contributed by atoms with van der Waals surface area (Å²) in [6.45, 7) is 0. The lowest BCUT2D eigenvalue weighted by Gasteiger charge is -2.08. The molecule has 0 radical (unpaired) electrons. The van der Waals surface area contributed by atoms with Gasteiger partial charge < -0.3 is 5.73 Å². The van der Waals surface area contributed by atoms with E-state index in [9.17, 15) is 8.42 Å². The van der Waals surface area contributed by atoms with Crippen molar-refractivity contribution in [2.45, 2.75) is 4.90 Å². The SMILES string of the molecule is N#Cc1ccc(S(=O)(=O)Nc2cn[nH]c2)c(N)c1. The van der Waals surface area contributed by atoms with Crippen LogP contribution in [0.3, 0.4) is 0 Å². The van der Waals surface area contributed by atoms with Crippen LogP contribution in [0.4, 0.5) is 11.4 Å². The van der Waals surface area contributed by atoms with Gasteiger partial charge in [-0.15, -0.1) is 0 Å². The lowest BCUT2D eigenvalue weighted by atomic mass is 10.2. The van der Waals surface area contributed by atoms with E-state index in [1.165, 1.54) is 30.6 Å². The quantitative estimate of drug-likeness (QED) is 0.702. The van der Waals surface area contributed by atoms with Gasteiger partial charge in [0.1, 0.15) is 4.90 Å². The summed E-state index contributed by atoms with van der Waals surface area (Å²) in [5.74, 6) is 0. The maximum absolute atomic E-state index is 12.0. The minimum absolute atomic E-state index is 0.0186. The molecule has 0 amide bonds. The highest BCUT2D eigenvalue weighted by molar-refractivity contribution is 7.92. The van der Waals surface area contributed by atoms with Crippen LogP contribution in [0.1, 0.15) is 5.56 Å². The van der Waals surface area contributed by atoms with Gasteiger partial charge in [-0.3, -0.25) is 9.82 Å². The monoisotopic (exact) mass is 263 g/mol. The lowest BCUT2D eigenvalue weighted by molar-refractivity contribution is 0.601. The van der Waals surface area contributed by atoms with E-state index in [0.29, 0.717) is 11.3 Å². The maximum atomic E-state index is 12.0. The Balaban J connectivity index is 2.39. The largest absolute Gasteiger partial charge is 0.398 e. The van der Waals surface area contributed by atoms with Crippen LogP contribution in [0.5, 0.6) is 0 Å². The zero-order valence-electron chi connectivity index (χ0n) is 9.08. The van der Waals surface area contributed by atoms with Crippen LogP contribution in [0.25, 0.3) is 0 Å². The fourth-order valence-electron chi connectivity index (χ4n) is 1.38. The van der Waals surface area contributed by atoms with Gasteiger partial charge in [0.05, 0.1) is 29.2 Å². The molecule has 0 aliphatic carbocycles. The third-order valence-electron chi connectivity index (χ3n) is 2.18. The highest BCUT2D eigenvalue weighted by Crippen LogP contribution is 2.21.